The van der Waals surface area contributed by atoms with Gasteiger partial charge < -0.3 is 5.11 Å². The third kappa shape index (κ3) is 2.32. The predicted molar refractivity (Wildman–Crippen MR) is 56.6 cm³/mol. The first-order valence-electron chi connectivity index (χ1n) is 4.72. The van der Waals surface area contributed by atoms with Gasteiger partial charge in [-0.25, -0.2) is 8.78 Å². The van der Waals surface area contributed by atoms with Gasteiger partial charge in [0.1, 0.15) is 16.7 Å². The second kappa shape index (κ2) is 4.78. The lowest BCUT2D eigenvalue weighted by atomic mass is 9.88. The number of carbonyl (C=O) groups is 1. The molecule has 1 rings (SSSR count). The molecule has 5 heteroatoms. The van der Waals surface area contributed by atoms with E-state index in [0.29, 0.717) is 0 Å². The molecule has 0 aliphatic heterocycles. The van der Waals surface area contributed by atoms with Gasteiger partial charge >= 0.3 is 5.97 Å². The molecule has 0 saturated heterocycles. The topological polar surface area (TPSA) is 37.3 Å². The molecule has 0 radical (unpaired) electrons. The molecule has 1 aromatic rings. The first-order valence-corrected chi connectivity index (χ1v) is 5.10. The van der Waals surface area contributed by atoms with Gasteiger partial charge in [0.25, 0.3) is 0 Å². The molecule has 1 unspecified atom stereocenters. The van der Waals surface area contributed by atoms with E-state index in [-0.39, 0.29) is 11.5 Å². The van der Waals surface area contributed by atoms with Crippen LogP contribution in [-0.4, -0.2) is 11.1 Å². The monoisotopic (exact) mass is 248 g/mol. The van der Waals surface area contributed by atoms with Gasteiger partial charge in [-0.1, -0.05) is 31.5 Å². The van der Waals surface area contributed by atoms with Crippen LogP contribution in [0.4, 0.5) is 8.78 Å². The first-order chi connectivity index (χ1) is 7.36. The average molecular weight is 249 g/mol. The van der Waals surface area contributed by atoms with E-state index in [1.54, 1.807) is 13.8 Å². The molecule has 1 aromatic carbocycles. The highest BCUT2D eigenvalue weighted by atomic mass is 35.5. The third-order valence-corrected chi connectivity index (χ3v) is 2.68. The summed E-state index contributed by atoms with van der Waals surface area (Å²) in [6.45, 7) is 3.30. The zero-order chi connectivity index (χ0) is 12.5. The van der Waals surface area contributed by atoms with Crippen molar-refractivity contribution in [2.45, 2.75) is 19.8 Å². The fourth-order valence-corrected chi connectivity index (χ4v) is 1.73. The summed E-state index contributed by atoms with van der Waals surface area (Å²) in [6.07, 6.45) is 0. The van der Waals surface area contributed by atoms with Crippen LogP contribution in [-0.2, 0) is 4.79 Å². The second-order valence-corrected chi connectivity index (χ2v) is 4.20. The Morgan fingerprint density at radius 1 is 1.38 bits per heavy atom. The fourth-order valence-electron chi connectivity index (χ4n) is 1.56. The van der Waals surface area contributed by atoms with E-state index in [1.165, 1.54) is 0 Å². The van der Waals surface area contributed by atoms with Crippen molar-refractivity contribution in [3.8, 4) is 0 Å². The molecule has 1 atom stereocenters. The van der Waals surface area contributed by atoms with Gasteiger partial charge in [0.15, 0.2) is 0 Å². The Hall–Kier alpha value is -1.16. The minimum Gasteiger partial charge on any atom is -0.481 e. The smallest absolute Gasteiger partial charge is 0.311 e. The average Bonchev–Trinajstić information content (AvgIpc) is 2.17. The Labute approximate surface area is 96.8 Å². The van der Waals surface area contributed by atoms with Gasteiger partial charge in [-0.05, 0) is 12.0 Å². The molecule has 0 aromatic heterocycles. The quantitative estimate of drug-likeness (QED) is 0.832. The number of aliphatic carboxylic acids is 1. The maximum atomic E-state index is 13.6. The van der Waals surface area contributed by atoms with Crippen LogP contribution in [0.2, 0.25) is 5.02 Å². The lowest BCUT2D eigenvalue weighted by Crippen LogP contribution is -2.19. The number of halogens is 3. The summed E-state index contributed by atoms with van der Waals surface area (Å²) in [5.74, 6) is -4.39. The molecule has 0 amide bonds. The van der Waals surface area contributed by atoms with E-state index < -0.39 is 28.5 Å². The number of benzene rings is 1. The molecular formula is C11H11ClF2O2. The highest BCUT2D eigenvalue weighted by molar-refractivity contribution is 6.31. The summed E-state index contributed by atoms with van der Waals surface area (Å²) in [7, 11) is 0. The summed E-state index contributed by atoms with van der Waals surface area (Å²) >= 11 is 5.39. The Morgan fingerprint density at radius 3 is 2.38 bits per heavy atom. The van der Waals surface area contributed by atoms with Crippen molar-refractivity contribution in [3.63, 3.8) is 0 Å². The van der Waals surface area contributed by atoms with Crippen molar-refractivity contribution in [1.29, 1.82) is 0 Å². The predicted octanol–water partition coefficient (Wildman–Crippen LogP) is 3.44. The molecule has 0 aliphatic rings. The van der Waals surface area contributed by atoms with Gasteiger partial charge in [-0.2, -0.15) is 0 Å². The van der Waals surface area contributed by atoms with Crippen LogP contribution in [0, 0.1) is 17.6 Å². The zero-order valence-electron chi connectivity index (χ0n) is 8.80. The van der Waals surface area contributed by atoms with Crippen molar-refractivity contribution in [2.75, 3.05) is 0 Å². The summed E-state index contributed by atoms with van der Waals surface area (Å²) < 4.78 is 26.5. The van der Waals surface area contributed by atoms with Gasteiger partial charge in [0.05, 0.1) is 5.92 Å². The molecule has 88 valence electrons. The third-order valence-electron chi connectivity index (χ3n) is 2.33. The highest BCUT2D eigenvalue weighted by Gasteiger charge is 2.28. The van der Waals surface area contributed by atoms with Crippen molar-refractivity contribution < 1.29 is 18.7 Å². The summed E-state index contributed by atoms with van der Waals surface area (Å²) in [5.41, 5.74) is -0.0890. The van der Waals surface area contributed by atoms with Crippen LogP contribution >= 0.6 is 11.6 Å². The number of hydrogen-bond donors (Lipinski definition) is 1. The maximum Gasteiger partial charge on any atom is 0.311 e. The molecule has 1 N–H and O–H groups in total. The Bertz CT molecular complexity index is 419. The number of carboxylic acids is 1. The van der Waals surface area contributed by atoms with Gasteiger partial charge in [-0.15, -0.1) is 0 Å². The van der Waals surface area contributed by atoms with Crippen LogP contribution in [0.1, 0.15) is 25.3 Å². The molecule has 0 bridgehead atoms. The molecule has 2 nitrogen and oxygen atoms in total. The van der Waals surface area contributed by atoms with Crippen LogP contribution in [0.5, 0.6) is 0 Å². The van der Waals surface area contributed by atoms with Crippen LogP contribution in [0.25, 0.3) is 0 Å². The summed E-state index contributed by atoms with van der Waals surface area (Å²) in [5, 5.41) is 8.32. The van der Waals surface area contributed by atoms with E-state index >= 15 is 0 Å². The molecule has 0 saturated carbocycles. The minimum absolute atomic E-state index is 0.0890. The lowest BCUT2D eigenvalue weighted by Gasteiger charge is -2.17. The van der Waals surface area contributed by atoms with Gasteiger partial charge in [0, 0.05) is 5.56 Å². The van der Waals surface area contributed by atoms with Crippen molar-refractivity contribution in [1.82, 2.24) is 0 Å². The van der Waals surface area contributed by atoms with Crippen molar-refractivity contribution in [2.24, 2.45) is 5.92 Å². The summed E-state index contributed by atoms with van der Waals surface area (Å²) in [6, 6.07) is 2.09. The molecule has 16 heavy (non-hydrogen) atoms. The normalized spacial score (nSPS) is 12.9. The molecule has 0 fully saturated rings. The molecule has 0 heterocycles. The summed E-state index contributed by atoms with van der Waals surface area (Å²) in [4.78, 5) is 11.0. The highest BCUT2D eigenvalue weighted by Crippen LogP contribution is 2.31. The molecular weight excluding hydrogens is 238 g/mol. The Balaban J connectivity index is 3.31. The van der Waals surface area contributed by atoms with Crippen LogP contribution in [0.15, 0.2) is 12.1 Å². The molecule has 0 spiro atoms. The molecule has 0 aliphatic carbocycles. The van der Waals surface area contributed by atoms with E-state index in [9.17, 15) is 13.6 Å². The van der Waals surface area contributed by atoms with E-state index in [0.717, 1.165) is 12.1 Å². The van der Waals surface area contributed by atoms with E-state index in [1.807, 2.05) is 0 Å². The van der Waals surface area contributed by atoms with Crippen molar-refractivity contribution >= 4 is 17.6 Å². The number of rotatable bonds is 3. The SMILES string of the molecule is CC(C)C(C(=O)O)c1ccc(F)c(Cl)c1F. The number of carboxylic acid groups (broad SMARTS) is 1. The lowest BCUT2D eigenvalue weighted by molar-refractivity contribution is -0.139. The largest absolute Gasteiger partial charge is 0.481 e. The van der Waals surface area contributed by atoms with Crippen LogP contribution in [0.3, 0.4) is 0 Å². The zero-order valence-corrected chi connectivity index (χ0v) is 9.55. The second-order valence-electron chi connectivity index (χ2n) is 3.82. The standard InChI is InChI=1S/C11H11ClF2O2/c1-5(2)8(11(15)16)6-3-4-7(13)9(12)10(6)14/h3-5,8H,1-2H3,(H,15,16). The van der Waals surface area contributed by atoms with Crippen LogP contribution < -0.4 is 0 Å². The van der Waals surface area contributed by atoms with E-state index in [4.69, 9.17) is 16.7 Å². The Morgan fingerprint density at radius 2 is 1.94 bits per heavy atom. The fraction of sp³-hybridized carbons (Fsp3) is 0.364. The van der Waals surface area contributed by atoms with Gasteiger partial charge in [-0.3, -0.25) is 4.79 Å². The Kier molecular flexibility index (Phi) is 3.86. The first kappa shape index (κ1) is 12.9. The van der Waals surface area contributed by atoms with Crippen molar-refractivity contribution in [3.05, 3.63) is 34.4 Å². The van der Waals surface area contributed by atoms with Gasteiger partial charge in [0.2, 0.25) is 0 Å². The minimum atomic E-state index is -1.16. The number of hydrogen-bond acceptors (Lipinski definition) is 1. The maximum absolute atomic E-state index is 13.6. The van der Waals surface area contributed by atoms with E-state index in [2.05, 4.69) is 0 Å².